The van der Waals surface area contributed by atoms with Gasteiger partial charge in [0.05, 0.1) is 10.2 Å². The number of nitrogens with zero attached hydrogens (tertiary/aromatic N) is 3. The molecular formula is C7H6N4S. The Bertz CT molecular complexity index is 377. The third-order valence-corrected chi connectivity index (χ3v) is 2.06. The van der Waals surface area contributed by atoms with Crippen LogP contribution in [0.15, 0.2) is 30.9 Å². The van der Waals surface area contributed by atoms with Crippen molar-refractivity contribution >= 4 is 21.7 Å². The number of fused-ring (bicyclic) bond motifs is 1. The van der Waals surface area contributed by atoms with Gasteiger partial charge in [-0.1, -0.05) is 0 Å². The molecule has 60 valence electrons. The van der Waals surface area contributed by atoms with Crippen molar-refractivity contribution in [3.63, 3.8) is 0 Å². The molecule has 0 spiro atoms. The van der Waals surface area contributed by atoms with Crippen molar-refractivity contribution in [2.24, 2.45) is 0 Å². The minimum atomic E-state index is 0.911. The maximum Gasteiger partial charge on any atom is 0.116 e. The largest absolute Gasteiger partial charge is 0.243 e. The van der Waals surface area contributed by atoms with E-state index < -0.39 is 0 Å². The summed E-state index contributed by atoms with van der Waals surface area (Å²) in [5.74, 6) is 0. The van der Waals surface area contributed by atoms with Crippen LogP contribution in [0.25, 0.3) is 10.2 Å². The van der Waals surface area contributed by atoms with Gasteiger partial charge in [0.25, 0.3) is 0 Å². The molecule has 0 saturated heterocycles. The van der Waals surface area contributed by atoms with Crippen LogP contribution in [-0.2, 0) is 0 Å². The van der Waals surface area contributed by atoms with Crippen LogP contribution in [-0.4, -0.2) is 19.6 Å². The van der Waals surface area contributed by atoms with Gasteiger partial charge in [-0.05, 0) is 23.7 Å². The fraction of sp³-hybridized carbons (Fsp3) is 0. The minimum absolute atomic E-state index is 0.911. The van der Waals surface area contributed by atoms with Gasteiger partial charge >= 0.3 is 0 Å². The van der Waals surface area contributed by atoms with Gasteiger partial charge in [-0.3, -0.25) is 0 Å². The lowest BCUT2D eigenvalue weighted by Gasteiger charge is -1.88. The highest BCUT2D eigenvalue weighted by molar-refractivity contribution is 7.12. The van der Waals surface area contributed by atoms with Gasteiger partial charge in [-0.25, -0.2) is 14.5 Å². The second-order valence-electron chi connectivity index (χ2n) is 2.10. The molecule has 4 nitrogen and oxygen atoms in total. The molecule has 0 saturated carbocycles. The Hall–Kier alpha value is -1.49. The maximum atomic E-state index is 4.10. The maximum absolute atomic E-state index is 4.10. The highest BCUT2D eigenvalue weighted by Crippen LogP contribution is 2.07. The van der Waals surface area contributed by atoms with Crippen LogP contribution in [0, 0.1) is 0 Å². The minimum Gasteiger partial charge on any atom is -0.243 e. The summed E-state index contributed by atoms with van der Waals surface area (Å²) in [7, 11) is 0. The van der Waals surface area contributed by atoms with Crippen molar-refractivity contribution in [1.82, 2.24) is 19.6 Å². The van der Waals surface area contributed by atoms with E-state index in [1.54, 1.807) is 12.4 Å². The van der Waals surface area contributed by atoms with Crippen LogP contribution < -0.4 is 0 Å². The zero-order chi connectivity index (χ0) is 8.23. The van der Waals surface area contributed by atoms with Crippen LogP contribution >= 0.6 is 11.5 Å². The first kappa shape index (κ1) is 7.17. The lowest BCUT2D eigenvalue weighted by atomic mass is 10.4. The Morgan fingerprint density at radius 1 is 1.42 bits per heavy atom. The average Bonchev–Trinajstić information content (AvgIpc) is 2.06. The summed E-state index contributed by atoms with van der Waals surface area (Å²) in [6, 6.07) is 3.73. The monoisotopic (exact) mass is 178 g/mol. The molecule has 0 aliphatic heterocycles. The molecule has 0 aliphatic rings. The molecular weight excluding hydrogens is 172 g/mol. The first-order chi connectivity index (χ1) is 5.97. The second kappa shape index (κ2) is 3.27. The number of hydrogen-bond acceptors (Lipinski definition) is 4. The SMILES string of the molecule is c1cn[nH]sc2cncnc2c1. The van der Waals surface area contributed by atoms with Crippen molar-refractivity contribution in [3.8, 4) is 0 Å². The predicted molar refractivity (Wildman–Crippen MR) is 47.2 cm³/mol. The molecule has 12 heavy (non-hydrogen) atoms. The van der Waals surface area contributed by atoms with Gasteiger partial charge in [0.15, 0.2) is 0 Å². The standard InChI is InChI=1S/C7H6N4S/c1-2-6-7(4-8-5-9-6)12-11-10-3-1/h1-5,11H. The summed E-state index contributed by atoms with van der Waals surface area (Å²) < 4.78 is 3.78. The van der Waals surface area contributed by atoms with Crippen LogP contribution in [0.4, 0.5) is 0 Å². The Labute approximate surface area is 72.8 Å². The summed E-state index contributed by atoms with van der Waals surface area (Å²) in [5, 5.41) is 3.88. The van der Waals surface area contributed by atoms with E-state index in [2.05, 4.69) is 19.6 Å². The lowest BCUT2D eigenvalue weighted by Crippen LogP contribution is -1.77. The number of H-pyrrole nitrogens is 1. The molecule has 2 heterocycles. The van der Waals surface area contributed by atoms with Gasteiger partial charge < -0.3 is 0 Å². The van der Waals surface area contributed by atoms with Crippen LogP contribution in [0.1, 0.15) is 0 Å². The van der Waals surface area contributed by atoms with E-state index in [9.17, 15) is 0 Å². The van der Waals surface area contributed by atoms with Crippen LogP contribution in [0.5, 0.6) is 0 Å². The Kier molecular flexibility index (Phi) is 1.96. The molecule has 0 atom stereocenters. The number of aromatic nitrogens is 4. The lowest BCUT2D eigenvalue weighted by molar-refractivity contribution is 1.13. The van der Waals surface area contributed by atoms with Gasteiger partial charge in [-0.15, -0.1) is 0 Å². The fourth-order valence-electron chi connectivity index (χ4n) is 0.813. The highest BCUT2D eigenvalue weighted by atomic mass is 32.1. The summed E-state index contributed by atoms with van der Waals surface area (Å²) in [4.78, 5) is 8.01. The molecule has 2 aromatic rings. The molecule has 0 unspecified atom stereocenters. The number of nitrogens with one attached hydrogen (secondary N) is 1. The molecule has 2 aromatic heterocycles. The summed E-state index contributed by atoms with van der Waals surface area (Å²) in [5.41, 5.74) is 0.911. The first-order valence-corrected chi connectivity index (χ1v) is 4.20. The number of rotatable bonds is 0. The molecule has 0 aliphatic carbocycles. The smallest absolute Gasteiger partial charge is 0.116 e. The molecule has 0 radical (unpaired) electrons. The van der Waals surface area contributed by atoms with Crippen LogP contribution in [0.2, 0.25) is 0 Å². The molecule has 0 bridgehead atoms. The highest BCUT2D eigenvalue weighted by Gasteiger charge is 1.87. The third kappa shape index (κ3) is 1.40. The van der Waals surface area contributed by atoms with E-state index in [1.807, 2.05) is 12.1 Å². The summed E-state index contributed by atoms with van der Waals surface area (Å²) in [6.45, 7) is 0. The van der Waals surface area contributed by atoms with Gasteiger partial charge in [0.1, 0.15) is 6.33 Å². The van der Waals surface area contributed by atoms with E-state index in [4.69, 9.17) is 0 Å². The van der Waals surface area contributed by atoms with E-state index in [0.29, 0.717) is 0 Å². The topological polar surface area (TPSA) is 54.5 Å². The Balaban J connectivity index is 2.83. The zero-order valence-corrected chi connectivity index (χ0v) is 6.95. The van der Waals surface area contributed by atoms with E-state index >= 15 is 0 Å². The summed E-state index contributed by atoms with van der Waals surface area (Å²) in [6.07, 6.45) is 4.96. The Morgan fingerprint density at radius 3 is 3.42 bits per heavy atom. The third-order valence-electron chi connectivity index (χ3n) is 1.33. The van der Waals surface area contributed by atoms with Crippen molar-refractivity contribution in [2.45, 2.75) is 0 Å². The Morgan fingerprint density at radius 2 is 2.42 bits per heavy atom. The first-order valence-electron chi connectivity index (χ1n) is 3.38. The normalized spacial score (nSPS) is 9.67. The van der Waals surface area contributed by atoms with Gasteiger partial charge in [0.2, 0.25) is 0 Å². The average molecular weight is 178 g/mol. The molecule has 0 aromatic carbocycles. The molecule has 1 N–H and O–H groups in total. The molecule has 0 fully saturated rings. The number of aromatic amines is 1. The van der Waals surface area contributed by atoms with Crippen molar-refractivity contribution in [3.05, 3.63) is 30.9 Å². The quantitative estimate of drug-likeness (QED) is 0.665. The molecule has 2 rings (SSSR count). The molecule has 0 amide bonds. The molecule has 5 heteroatoms. The van der Waals surface area contributed by atoms with Crippen molar-refractivity contribution < 1.29 is 0 Å². The van der Waals surface area contributed by atoms with E-state index in [0.717, 1.165) is 10.2 Å². The predicted octanol–water partition coefficient (Wildman–Crippen LogP) is 1.54. The van der Waals surface area contributed by atoms with Crippen LogP contribution in [0.3, 0.4) is 0 Å². The fourth-order valence-corrected chi connectivity index (χ4v) is 1.36. The number of hydrogen-bond donors (Lipinski definition) is 1. The van der Waals surface area contributed by atoms with Gasteiger partial charge in [-0.2, -0.15) is 5.10 Å². The summed E-state index contributed by atoms with van der Waals surface area (Å²) >= 11 is 1.40. The zero-order valence-electron chi connectivity index (χ0n) is 6.14. The van der Waals surface area contributed by atoms with Gasteiger partial charge in [0, 0.05) is 12.4 Å². The second-order valence-corrected chi connectivity index (χ2v) is 2.93. The van der Waals surface area contributed by atoms with Crippen molar-refractivity contribution in [1.29, 1.82) is 0 Å². The van der Waals surface area contributed by atoms with Crippen molar-refractivity contribution in [2.75, 3.05) is 0 Å². The van der Waals surface area contributed by atoms with E-state index in [1.165, 1.54) is 17.9 Å². The van der Waals surface area contributed by atoms with E-state index in [-0.39, 0.29) is 0 Å².